The second kappa shape index (κ2) is 5.59. The van der Waals surface area contributed by atoms with Crippen molar-refractivity contribution in [1.29, 1.82) is 0 Å². The molecule has 1 atom stereocenters. The maximum Gasteiger partial charge on any atom is 0.0638 e. The van der Waals surface area contributed by atoms with Crippen LogP contribution in [0, 0.1) is 5.92 Å². The van der Waals surface area contributed by atoms with Crippen LogP contribution in [-0.4, -0.2) is 18.3 Å². The topological polar surface area (TPSA) is 32.3 Å². The summed E-state index contributed by atoms with van der Waals surface area (Å²) in [6.07, 6.45) is 0. The smallest absolute Gasteiger partial charge is 0.0638 e. The Morgan fingerprint density at radius 3 is 2.93 bits per heavy atom. The zero-order valence-corrected chi connectivity index (χ0v) is 10.3. The maximum atomic E-state index is 8.85. The number of anilines is 1. The van der Waals surface area contributed by atoms with E-state index in [1.165, 1.54) is 0 Å². The third kappa shape index (κ3) is 3.48. The van der Waals surface area contributed by atoms with Gasteiger partial charge >= 0.3 is 0 Å². The summed E-state index contributed by atoms with van der Waals surface area (Å²) in [5.74, 6) is 0.227. The predicted molar refractivity (Wildman–Crippen MR) is 63.9 cm³/mol. The van der Waals surface area contributed by atoms with Crippen molar-refractivity contribution in [3.8, 4) is 0 Å². The number of halogens is 2. The molecule has 0 aromatic heterocycles. The fraction of sp³-hybridized carbons (Fsp3) is 0.400. The molecule has 2 N–H and O–H groups in total. The molecule has 0 bridgehead atoms. The van der Waals surface area contributed by atoms with Crippen LogP contribution in [0.2, 0.25) is 5.02 Å². The van der Waals surface area contributed by atoms with Crippen molar-refractivity contribution in [2.75, 3.05) is 18.5 Å². The van der Waals surface area contributed by atoms with Crippen molar-refractivity contribution in [3.63, 3.8) is 0 Å². The van der Waals surface area contributed by atoms with Gasteiger partial charge in [-0.05, 0) is 24.1 Å². The molecule has 0 aliphatic rings. The highest BCUT2D eigenvalue weighted by molar-refractivity contribution is 9.10. The third-order valence-electron chi connectivity index (χ3n) is 1.88. The van der Waals surface area contributed by atoms with Crippen molar-refractivity contribution < 1.29 is 5.11 Å². The summed E-state index contributed by atoms with van der Waals surface area (Å²) in [4.78, 5) is 0. The second-order valence-corrected chi connectivity index (χ2v) is 4.62. The van der Waals surface area contributed by atoms with Gasteiger partial charge in [0, 0.05) is 17.6 Å². The lowest BCUT2D eigenvalue weighted by Crippen LogP contribution is -2.14. The van der Waals surface area contributed by atoms with Crippen LogP contribution in [-0.2, 0) is 0 Å². The zero-order valence-electron chi connectivity index (χ0n) is 7.93. The molecule has 2 nitrogen and oxygen atoms in total. The van der Waals surface area contributed by atoms with Crippen molar-refractivity contribution >= 4 is 33.2 Å². The summed E-state index contributed by atoms with van der Waals surface area (Å²) in [5.41, 5.74) is 0.890. The molecule has 0 amide bonds. The van der Waals surface area contributed by atoms with Gasteiger partial charge in [0.15, 0.2) is 0 Å². The largest absolute Gasteiger partial charge is 0.396 e. The van der Waals surface area contributed by atoms with E-state index in [1.807, 2.05) is 25.1 Å². The Hall–Kier alpha value is -0.250. The quantitative estimate of drug-likeness (QED) is 0.887. The molecule has 1 aromatic carbocycles. The lowest BCUT2D eigenvalue weighted by atomic mass is 10.2. The molecule has 1 rings (SSSR count). The first-order chi connectivity index (χ1) is 6.63. The lowest BCUT2D eigenvalue weighted by Gasteiger charge is -2.12. The van der Waals surface area contributed by atoms with E-state index in [-0.39, 0.29) is 12.5 Å². The highest BCUT2D eigenvalue weighted by Gasteiger charge is 2.03. The molecule has 0 heterocycles. The van der Waals surface area contributed by atoms with Crippen LogP contribution in [0.15, 0.2) is 22.7 Å². The number of aliphatic hydroxyl groups is 1. The number of hydrogen-bond donors (Lipinski definition) is 2. The van der Waals surface area contributed by atoms with E-state index in [2.05, 4.69) is 21.2 Å². The number of aliphatic hydroxyl groups excluding tert-OH is 1. The van der Waals surface area contributed by atoms with Gasteiger partial charge in [0.05, 0.1) is 10.7 Å². The van der Waals surface area contributed by atoms with E-state index in [0.29, 0.717) is 11.6 Å². The van der Waals surface area contributed by atoms with Gasteiger partial charge in [0.25, 0.3) is 0 Å². The summed E-state index contributed by atoms with van der Waals surface area (Å²) in [7, 11) is 0. The molecular formula is C10H13BrClNO. The summed E-state index contributed by atoms with van der Waals surface area (Å²) in [5, 5.41) is 12.7. The SMILES string of the molecule is CC(CO)CNc1cc(Br)ccc1Cl. The molecular weight excluding hydrogens is 265 g/mol. The molecule has 0 aliphatic heterocycles. The molecule has 0 saturated carbocycles. The van der Waals surface area contributed by atoms with E-state index < -0.39 is 0 Å². The van der Waals surface area contributed by atoms with Crippen LogP contribution in [0.3, 0.4) is 0 Å². The van der Waals surface area contributed by atoms with Gasteiger partial charge in [-0.3, -0.25) is 0 Å². The van der Waals surface area contributed by atoms with Gasteiger partial charge in [-0.15, -0.1) is 0 Å². The van der Waals surface area contributed by atoms with Gasteiger partial charge in [-0.1, -0.05) is 34.5 Å². The van der Waals surface area contributed by atoms with Gasteiger partial charge in [-0.2, -0.15) is 0 Å². The monoisotopic (exact) mass is 277 g/mol. The molecule has 0 saturated heterocycles. The van der Waals surface area contributed by atoms with E-state index in [1.54, 1.807) is 0 Å². The molecule has 0 fully saturated rings. The normalized spacial score (nSPS) is 12.6. The summed E-state index contributed by atoms with van der Waals surface area (Å²) >= 11 is 9.35. The van der Waals surface area contributed by atoms with Crippen molar-refractivity contribution in [2.24, 2.45) is 5.92 Å². The Morgan fingerprint density at radius 2 is 2.29 bits per heavy atom. The minimum Gasteiger partial charge on any atom is -0.396 e. The summed E-state index contributed by atoms with van der Waals surface area (Å²) in [6.45, 7) is 2.87. The van der Waals surface area contributed by atoms with E-state index in [4.69, 9.17) is 16.7 Å². The molecule has 0 radical (unpaired) electrons. The number of benzene rings is 1. The minimum absolute atomic E-state index is 0.179. The number of nitrogens with one attached hydrogen (secondary N) is 1. The maximum absolute atomic E-state index is 8.85. The van der Waals surface area contributed by atoms with Crippen LogP contribution < -0.4 is 5.32 Å². The van der Waals surface area contributed by atoms with Crippen LogP contribution in [0.5, 0.6) is 0 Å². The second-order valence-electron chi connectivity index (χ2n) is 3.29. The minimum atomic E-state index is 0.179. The Morgan fingerprint density at radius 1 is 1.57 bits per heavy atom. The fourth-order valence-electron chi connectivity index (χ4n) is 0.982. The molecule has 14 heavy (non-hydrogen) atoms. The molecule has 78 valence electrons. The molecule has 0 aliphatic carbocycles. The first kappa shape index (κ1) is 11.8. The summed E-state index contributed by atoms with van der Waals surface area (Å²) < 4.78 is 0.987. The van der Waals surface area contributed by atoms with Crippen molar-refractivity contribution in [3.05, 3.63) is 27.7 Å². The van der Waals surface area contributed by atoms with Gasteiger partial charge in [0.1, 0.15) is 0 Å². The summed E-state index contributed by atoms with van der Waals surface area (Å²) in [6, 6.07) is 5.65. The fourth-order valence-corrected chi connectivity index (χ4v) is 1.53. The van der Waals surface area contributed by atoms with Crippen molar-refractivity contribution in [1.82, 2.24) is 0 Å². The Balaban J connectivity index is 2.62. The highest BCUT2D eigenvalue weighted by Crippen LogP contribution is 2.25. The first-order valence-electron chi connectivity index (χ1n) is 4.43. The molecule has 1 aromatic rings. The lowest BCUT2D eigenvalue weighted by molar-refractivity contribution is 0.244. The average Bonchev–Trinajstić information content (AvgIpc) is 2.19. The first-order valence-corrected chi connectivity index (χ1v) is 5.60. The molecule has 4 heteroatoms. The van der Waals surface area contributed by atoms with E-state index in [9.17, 15) is 0 Å². The third-order valence-corrected chi connectivity index (χ3v) is 2.70. The zero-order chi connectivity index (χ0) is 10.6. The standard InChI is InChI=1S/C10H13BrClNO/c1-7(6-14)5-13-10-4-8(11)2-3-9(10)12/h2-4,7,13-14H,5-6H2,1H3. The van der Waals surface area contributed by atoms with Crippen LogP contribution in [0.1, 0.15) is 6.92 Å². The number of hydrogen-bond acceptors (Lipinski definition) is 2. The average molecular weight is 279 g/mol. The molecule has 1 unspecified atom stereocenters. The van der Waals surface area contributed by atoms with Gasteiger partial charge in [0.2, 0.25) is 0 Å². The van der Waals surface area contributed by atoms with Crippen molar-refractivity contribution in [2.45, 2.75) is 6.92 Å². The van der Waals surface area contributed by atoms with E-state index in [0.717, 1.165) is 10.2 Å². The molecule has 0 spiro atoms. The van der Waals surface area contributed by atoms with E-state index >= 15 is 0 Å². The Bertz CT molecular complexity index is 306. The van der Waals surface area contributed by atoms with Crippen LogP contribution in [0.25, 0.3) is 0 Å². The van der Waals surface area contributed by atoms with Gasteiger partial charge in [-0.25, -0.2) is 0 Å². The van der Waals surface area contributed by atoms with Crippen LogP contribution >= 0.6 is 27.5 Å². The van der Waals surface area contributed by atoms with Crippen LogP contribution in [0.4, 0.5) is 5.69 Å². The number of rotatable bonds is 4. The highest BCUT2D eigenvalue weighted by atomic mass is 79.9. The van der Waals surface area contributed by atoms with Gasteiger partial charge < -0.3 is 10.4 Å². The Kier molecular flexibility index (Phi) is 4.72. The predicted octanol–water partition coefficient (Wildman–Crippen LogP) is 3.14. The Labute approximate surface area is 97.4 Å².